The van der Waals surface area contributed by atoms with E-state index < -0.39 is 10.0 Å². The molecule has 2 N–H and O–H groups in total. The van der Waals surface area contributed by atoms with E-state index in [0.717, 1.165) is 27.9 Å². The number of aryl methyl sites for hydroxylation is 4. The molecule has 3 rings (SSSR count). The van der Waals surface area contributed by atoms with Gasteiger partial charge in [0.25, 0.3) is 15.9 Å². The van der Waals surface area contributed by atoms with E-state index in [9.17, 15) is 13.2 Å². The third-order valence-corrected chi connectivity index (χ3v) is 6.04. The molecule has 0 heterocycles. The molecule has 6 heteroatoms. The minimum atomic E-state index is -3.81. The maximum atomic E-state index is 12.9. The van der Waals surface area contributed by atoms with Gasteiger partial charge in [0.05, 0.1) is 16.1 Å². The van der Waals surface area contributed by atoms with E-state index in [2.05, 4.69) is 10.0 Å². The highest BCUT2D eigenvalue weighted by atomic mass is 32.2. The van der Waals surface area contributed by atoms with Crippen LogP contribution in [0.15, 0.2) is 65.6 Å². The highest BCUT2D eigenvalue weighted by Gasteiger charge is 2.19. The zero-order valence-corrected chi connectivity index (χ0v) is 17.7. The first kappa shape index (κ1) is 20.6. The Balaban J connectivity index is 1.91. The Hall–Kier alpha value is -3.12. The number of sulfonamides is 1. The van der Waals surface area contributed by atoms with Gasteiger partial charge in [-0.3, -0.25) is 9.52 Å². The summed E-state index contributed by atoms with van der Waals surface area (Å²) in [7, 11) is -3.81. The molecule has 29 heavy (non-hydrogen) atoms. The summed E-state index contributed by atoms with van der Waals surface area (Å²) in [5.74, 6) is -0.373. The third-order valence-electron chi connectivity index (χ3n) is 4.66. The van der Waals surface area contributed by atoms with E-state index in [1.807, 2.05) is 39.8 Å². The number of rotatable bonds is 5. The Labute approximate surface area is 171 Å². The highest BCUT2D eigenvalue weighted by Crippen LogP contribution is 2.25. The van der Waals surface area contributed by atoms with E-state index in [1.54, 1.807) is 48.5 Å². The molecule has 0 aliphatic rings. The van der Waals surface area contributed by atoms with Crippen LogP contribution in [0, 0.1) is 27.7 Å². The predicted molar refractivity (Wildman–Crippen MR) is 117 cm³/mol. The van der Waals surface area contributed by atoms with E-state index >= 15 is 0 Å². The van der Waals surface area contributed by atoms with Crippen LogP contribution in [0.1, 0.15) is 32.6 Å². The SMILES string of the molecule is Cc1ccc(S(=O)(=O)Nc2ccccc2C(=O)Nc2c(C)cc(C)cc2C)cc1. The van der Waals surface area contributed by atoms with Gasteiger partial charge < -0.3 is 5.32 Å². The van der Waals surface area contributed by atoms with Gasteiger partial charge in [-0.05, 0) is 63.1 Å². The zero-order chi connectivity index (χ0) is 21.2. The standard InChI is InChI=1S/C23H24N2O3S/c1-15-9-11-19(12-10-15)29(27,28)25-21-8-6-5-7-20(21)23(26)24-22-17(3)13-16(2)14-18(22)4/h5-14,25H,1-4H3,(H,24,26). The molecule has 0 unspecified atom stereocenters. The second-order valence-corrected chi connectivity index (χ2v) is 8.87. The van der Waals surface area contributed by atoms with Crippen molar-refractivity contribution in [3.63, 3.8) is 0 Å². The second kappa shape index (κ2) is 8.09. The number of amides is 1. The predicted octanol–water partition coefficient (Wildman–Crippen LogP) is 4.97. The lowest BCUT2D eigenvalue weighted by Crippen LogP contribution is -2.19. The number of anilines is 2. The summed E-state index contributed by atoms with van der Waals surface area (Å²) in [4.78, 5) is 13.1. The van der Waals surface area contributed by atoms with Crippen molar-refractivity contribution in [2.75, 3.05) is 10.0 Å². The Bertz CT molecular complexity index is 1140. The second-order valence-electron chi connectivity index (χ2n) is 7.19. The fourth-order valence-electron chi connectivity index (χ4n) is 3.25. The molecule has 0 saturated heterocycles. The molecule has 0 fully saturated rings. The Morgan fingerprint density at radius 1 is 0.793 bits per heavy atom. The van der Waals surface area contributed by atoms with Crippen LogP contribution < -0.4 is 10.0 Å². The Morgan fingerprint density at radius 2 is 1.38 bits per heavy atom. The van der Waals surface area contributed by atoms with Crippen LogP contribution in [0.2, 0.25) is 0 Å². The first-order valence-electron chi connectivity index (χ1n) is 9.25. The van der Waals surface area contributed by atoms with E-state index in [-0.39, 0.29) is 22.1 Å². The van der Waals surface area contributed by atoms with Crippen molar-refractivity contribution in [1.29, 1.82) is 0 Å². The molecule has 3 aromatic carbocycles. The van der Waals surface area contributed by atoms with Crippen LogP contribution in [0.3, 0.4) is 0 Å². The van der Waals surface area contributed by atoms with Gasteiger partial charge in [0, 0.05) is 5.69 Å². The van der Waals surface area contributed by atoms with Crippen molar-refractivity contribution in [3.8, 4) is 0 Å². The quantitative estimate of drug-likeness (QED) is 0.626. The van der Waals surface area contributed by atoms with E-state index in [0.29, 0.717) is 0 Å². The average Bonchev–Trinajstić information content (AvgIpc) is 2.65. The van der Waals surface area contributed by atoms with Crippen molar-refractivity contribution in [1.82, 2.24) is 0 Å². The lowest BCUT2D eigenvalue weighted by Gasteiger charge is -2.15. The first-order valence-corrected chi connectivity index (χ1v) is 10.7. The fourth-order valence-corrected chi connectivity index (χ4v) is 4.33. The summed E-state index contributed by atoms with van der Waals surface area (Å²) in [6, 6.07) is 17.1. The van der Waals surface area contributed by atoms with Crippen LogP contribution in [0.5, 0.6) is 0 Å². The van der Waals surface area contributed by atoms with Gasteiger partial charge in [0.1, 0.15) is 0 Å². The number of carbonyl (C=O) groups is 1. The molecule has 0 spiro atoms. The maximum absolute atomic E-state index is 12.9. The number of nitrogens with one attached hydrogen (secondary N) is 2. The largest absolute Gasteiger partial charge is 0.321 e. The lowest BCUT2D eigenvalue weighted by atomic mass is 10.0. The third kappa shape index (κ3) is 4.66. The van der Waals surface area contributed by atoms with E-state index in [1.165, 1.54) is 0 Å². The molecular weight excluding hydrogens is 384 g/mol. The maximum Gasteiger partial charge on any atom is 0.261 e. The molecule has 5 nitrogen and oxygen atoms in total. The molecule has 3 aromatic rings. The molecule has 0 atom stereocenters. The average molecular weight is 409 g/mol. The van der Waals surface area contributed by atoms with Crippen LogP contribution in [-0.4, -0.2) is 14.3 Å². The topological polar surface area (TPSA) is 75.3 Å². The van der Waals surface area contributed by atoms with Crippen molar-refractivity contribution >= 4 is 27.3 Å². The molecule has 0 saturated carbocycles. The number of carbonyl (C=O) groups excluding carboxylic acids is 1. The zero-order valence-electron chi connectivity index (χ0n) is 16.9. The van der Waals surface area contributed by atoms with Gasteiger partial charge in [-0.25, -0.2) is 8.42 Å². The Kier molecular flexibility index (Phi) is 5.75. The summed E-state index contributed by atoms with van der Waals surface area (Å²) in [5.41, 5.74) is 5.20. The molecule has 0 radical (unpaired) electrons. The molecular formula is C23H24N2O3S. The van der Waals surface area contributed by atoms with Crippen LogP contribution in [0.25, 0.3) is 0 Å². The smallest absolute Gasteiger partial charge is 0.261 e. The molecule has 150 valence electrons. The van der Waals surface area contributed by atoms with Gasteiger partial charge in [0.2, 0.25) is 0 Å². The normalized spacial score (nSPS) is 11.2. The molecule has 0 aliphatic carbocycles. The summed E-state index contributed by atoms with van der Waals surface area (Å²) < 4.78 is 28.0. The monoisotopic (exact) mass is 408 g/mol. The van der Waals surface area contributed by atoms with E-state index in [4.69, 9.17) is 0 Å². The number of para-hydroxylation sites is 1. The minimum Gasteiger partial charge on any atom is -0.321 e. The van der Waals surface area contributed by atoms with Gasteiger partial charge in [-0.1, -0.05) is 47.5 Å². The number of hydrogen-bond acceptors (Lipinski definition) is 3. The van der Waals surface area contributed by atoms with Crippen molar-refractivity contribution in [2.24, 2.45) is 0 Å². The minimum absolute atomic E-state index is 0.142. The van der Waals surface area contributed by atoms with Crippen molar-refractivity contribution < 1.29 is 13.2 Å². The molecule has 0 aromatic heterocycles. The van der Waals surface area contributed by atoms with Gasteiger partial charge >= 0.3 is 0 Å². The first-order chi connectivity index (χ1) is 13.7. The number of hydrogen-bond donors (Lipinski definition) is 2. The van der Waals surface area contributed by atoms with Gasteiger partial charge in [0.15, 0.2) is 0 Å². The summed E-state index contributed by atoms with van der Waals surface area (Å²) in [5, 5.41) is 2.92. The van der Waals surface area contributed by atoms with Crippen molar-refractivity contribution in [3.05, 3.63) is 88.5 Å². The van der Waals surface area contributed by atoms with Crippen LogP contribution >= 0.6 is 0 Å². The van der Waals surface area contributed by atoms with Crippen LogP contribution in [0.4, 0.5) is 11.4 Å². The number of benzene rings is 3. The summed E-state index contributed by atoms with van der Waals surface area (Å²) >= 11 is 0. The van der Waals surface area contributed by atoms with Gasteiger partial charge in [-0.2, -0.15) is 0 Å². The van der Waals surface area contributed by atoms with Crippen LogP contribution in [-0.2, 0) is 10.0 Å². The fraction of sp³-hybridized carbons (Fsp3) is 0.174. The van der Waals surface area contributed by atoms with Crippen molar-refractivity contribution in [2.45, 2.75) is 32.6 Å². The molecule has 0 bridgehead atoms. The Morgan fingerprint density at radius 3 is 2.00 bits per heavy atom. The summed E-state index contributed by atoms with van der Waals surface area (Å²) in [6.45, 7) is 7.75. The molecule has 1 amide bonds. The lowest BCUT2D eigenvalue weighted by molar-refractivity contribution is 0.102. The summed E-state index contributed by atoms with van der Waals surface area (Å²) in [6.07, 6.45) is 0. The van der Waals surface area contributed by atoms with Gasteiger partial charge in [-0.15, -0.1) is 0 Å². The highest BCUT2D eigenvalue weighted by molar-refractivity contribution is 7.92. The molecule has 0 aliphatic heterocycles.